The fourth-order valence-electron chi connectivity index (χ4n) is 12.7. The summed E-state index contributed by atoms with van der Waals surface area (Å²) < 4.78 is 22.9. The van der Waals surface area contributed by atoms with E-state index in [2.05, 4.69) is 98.9 Å². The first-order valence-electron chi connectivity index (χ1n) is 42.7. The van der Waals surface area contributed by atoms with Crippen LogP contribution in [0.2, 0.25) is 0 Å². The van der Waals surface area contributed by atoms with Gasteiger partial charge in [0.2, 0.25) is 0 Å². The van der Waals surface area contributed by atoms with E-state index in [9.17, 15) is 19.5 Å². The van der Waals surface area contributed by atoms with Gasteiger partial charge in [-0.1, -0.05) is 394 Å². The predicted molar refractivity (Wildman–Crippen MR) is 426 cm³/mol. The standard InChI is InChI=1S/C90H163NO8/c1-6-8-10-12-14-16-18-20-22-24-26-28-30-32-34-36-38-40-42-43-44-45-47-48-50-52-54-56-58-60-62-64-66-68-70-72-74-76-78-80-87(92)97-84-86(85-98-90(89(94)95)96-83-82-91(3,4)5)99-88(93)81-79-77-75-73-71-69-67-65-63-61-59-57-55-53-51-49-46-41-39-37-35-33-31-29-27-25-23-21-19-17-15-13-11-9-7-2/h9,11,15,17,21,23-24,26-27,29,33,35,39,41,86,90H,6-8,10,12-14,16,18-20,22,25,28,30-32,34,36-38,40,42-85H2,1-5H3/b11-9-,17-15-,23-21-,26-24-,29-27-,35-33-,41-39-. The van der Waals surface area contributed by atoms with Crippen molar-refractivity contribution in [3.63, 3.8) is 0 Å². The van der Waals surface area contributed by atoms with E-state index < -0.39 is 24.3 Å². The first-order chi connectivity index (χ1) is 48.6. The Hall–Kier alpha value is -3.53. The highest BCUT2D eigenvalue weighted by Gasteiger charge is 2.22. The molecule has 0 fully saturated rings. The van der Waals surface area contributed by atoms with E-state index in [1.807, 2.05) is 21.1 Å². The first kappa shape index (κ1) is 95.5. The smallest absolute Gasteiger partial charge is 0.306 e. The van der Waals surface area contributed by atoms with Crippen molar-refractivity contribution < 1.29 is 42.9 Å². The van der Waals surface area contributed by atoms with E-state index in [-0.39, 0.29) is 32.2 Å². The molecule has 0 N–H and O–H groups in total. The molecule has 0 aromatic rings. The number of unbranched alkanes of at least 4 members (excludes halogenated alkanes) is 51. The normalized spacial score (nSPS) is 13.0. The van der Waals surface area contributed by atoms with Crippen LogP contribution in [0.3, 0.4) is 0 Å². The summed E-state index contributed by atoms with van der Waals surface area (Å²) in [7, 11) is 5.95. The average molecular weight is 1390 g/mol. The fourth-order valence-corrected chi connectivity index (χ4v) is 12.7. The lowest BCUT2D eigenvalue weighted by Crippen LogP contribution is -2.44. The van der Waals surface area contributed by atoms with E-state index in [1.54, 1.807) is 0 Å². The summed E-state index contributed by atoms with van der Waals surface area (Å²) in [4.78, 5) is 37.7. The number of allylic oxidation sites excluding steroid dienone is 14. The Morgan fingerprint density at radius 1 is 0.313 bits per heavy atom. The van der Waals surface area contributed by atoms with Gasteiger partial charge in [0.15, 0.2) is 12.4 Å². The highest BCUT2D eigenvalue weighted by Crippen LogP contribution is 2.20. The zero-order valence-electron chi connectivity index (χ0n) is 66.1. The minimum Gasteiger partial charge on any atom is -0.545 e. The first-order valence-corrected chi connectivity index (χ1v) is 42.7. The number of carbonyl (C=O) groups excluding carboxylic acids is 3. The molecule has 2 unspecified atom stereocenters. The summed E-state index contributed by atoms with van der Waals surface area (Å²) in [6, 6.07) is 0. The van der Waals surface area contributed by atoms with Crippen LogP contribution in [0.15, 0.2) is 85.1 Å². The summed E-state index contributed by atoms with van der Waals surface area (Å²) in [6.45, 7) is 4.70. The van der Waals surface area contributed by atoms with Crippen LogP contribution in [0.25, 0.3) is 0 Å². The lowest BCUT2D eigenvalue weighted by Gasteiger charge is -2.26. The van der Waals surface area contributed by atoms with Gasteiger partial charge in [-0.15, -0.1) is 0 Å². The third-order valence-electron chi connectivity index (χ3n) is 19.1. The van der Waals surface area contributed by atoms with Crippen molar-refractivity contribution in [2.24, 2.45) is 0 Å². The molecule has 0 aliphatic carbocycles. The minimum atomic E-state index is -1.62. The lowest BCUT2D eigenvalue weighted by molar-refractivity contribution is -0.870. The maximum atomic E-state index is 13.0. The Balaban J connectivity index is 3.95. The fraction of sp³-hybridized carbons (Fsp3) is 0.811. The zero-order chi connectivity index (χ0) is 71.8. The Morgan fingerprint density at radius 3 is 0.869 bits per heavy atom. The number of likely N-dealkylation sites (N-methyl/N-ethyl adjacent to an activating group) is 1. The number of hydrogen-bond donors (Lipinski definition) is 0. The van der Waals surface area contributed by atoms with Crippen LogP contribution >= 0.6 is 0 Å². The molecule has 0 spiro atoms. The molecule has 576 valence electrons. The quantitative estimate of drug-likeness (QED) is 0.0195. The van der Waals surface area contributed by atoms with Crippen LogP contribution < -0.4 is 5.11 Å². The number of hydrogen-bond acceptors (Lipinski definition) is 8. The minimum absolute atomic E-state index is 0.148. The summed E-state index contributed by atoms with van der Waals surface area (Å²) in [5.74, 6) is -2.26. The van der Waals surface area contributed by atoms with Crippen LogP contribution in [0, 0.1) is 0 Å². The molecular formula is C90H163NO8. The van der Waals surface area contributed by atoms with Crippen LogP contribution in [-0.2, 0) is 33.3 Å². The highest BCUT2D eigenvalue weighted by molar-refractivity contribution is 5.70. The molecule has 0 aliphatic heterocycles. The van der Waals surface area contributed by atoms with Crippen molar-refractivity contribution in [3.8, 4) is 0 Å². The average Bonchev–Trinajstić information content (AvgIpc) is 1.16. The highest BCUT2D eigenvalue weighted by atomic mass is 16.7. The number of rotatable bonds is 80. The van der Waals surface area contributed by atoms with Gasteiger partial charge in [0.25, 0.3) is 0 Å². The molecule has 9 nitrogen and oxygen atoms in total. The second kappa shape index (κ2) is 80.2. The van der Waals surface area contributed by atoms with Crippen LogP contribution in [0.5, 0.6) is 0 Å². The molecule has 0 aliphatic rings. The number of nitrogens with zero attached hydrogens (tertiary/aromatic N) is 1. The van der Waals surface area contributed by atoms with Crippen molar-refractivity contribution in [1.82, 2.24) is 0 Å². The van der Waals surface area contributed by atoms with Gasteiger partial charge in [0, 0.05) is 12.8 Å². The topological polar surface area (TPSA) is 111 Å². The van der Waals surface area contributed by atoms with E-state index in [4.69, 9.17) is 18.9 Å². The van der Waals surface area contributed by atoms with Gasteiger partial charge in [-0.05, 0) is 89.9 Å². The van der Waals surface area contributed by atoms with Crippen molar-refractivity contribution in [2.75, 3.05) is 47.5 Å². The molecule has 2 atom stereocenters. The number of esters is 2. The van der Waals surface area contributed by atoms with Crippen molar-refractivity contribution in [3.05, 3.63) is 85.1 Å². The summed E-state index contributed by atoms with van der Waals surface area (Å²) in [6.07, 6.45) is 107. The lowest BCUT2D eigenvalue weighted by atomic mass is 10.0. The van der Waals surface area contributed by atoms with Crippen LogP contribution in [0.1, 0.15) is 412 Å². The summed E-state index contributed by atoms with van der Waals surface area (Å²) in [5, 5.41) is 11.9. The molecule has 0 amide bonds. The molecule has 0 rings (SSSR count). The van der Waals surface area contributed by atoms with Gasteiger partial charge in [-0.25, -0.2) is 0 Å². The van der Waals surface area contributed by atoms with Crippen LogP contribution in [0.4, 0.5) is 0 Å². The number of carbonyl (C=O) groups is 3. The molecule has 0 saturated heterocycles. The van der Waals surface area contributed by atoms with E-state index >= 15 is 0 Å². The maximum absolute atomic E-state index is 13.0. The Morgan fingerprint density at radius 2 is 0.576 bits per heavy atom. The van der Waals surface area contributed by atoms with Crippen molar-refractivity contribution in [2.45, 2.75) is 424 Å². The molecule has 0 saturated carbocycles. The molecule has 0 aromatic heterocycles. The Bertz CT molecular complexity index is 1910. The SMILES string of the molecule is CC/C=C\C/C=C\C/C=C\C/C=C\C/C=C\C/C=C\CCCCCCCCCCCCCCCCCCC(=O)OC(COC(=O)CCCCCCCCCCCCCCCCCCCCCCCCCCCCC/C=C\CCCCCCCCCC)COC(OCC[N+](C)(C)C)C(=O)[O-]. The maximum Gasteiger partial charge on any atom is 0.306 e. The van der Waals surface area contributed by atoms with Crippen molar-refractivity contribution in [1.29, 1.82) is 0 Å². The van der Waals surface area contributed by atoms with Crippen molar-refractivity contribution >= 4 is 17.9 Å². The molecule has 99 heavy (non-hydrogen) atoms. The Labute approximate surface area is 614 Å². The molecule has 9 heteroatoms. The number of carboxylic acid groups (broad SMARTS) is 1. The van der Waals surface area contributed by atoms with Gasteiger partial charge < -0.3 is 33.3 Å². The van der Waals surface area contributed by atoms with Gasteiger partial charge in [-0.2, -0.15) is 0 Å². The largest absolute Gasteiger partial charge is 0.545 e. The number of quaternary nitrogens is 1. The van der Waals surface area contributed by atoms with Gasteiger partial charge in [0.1, 0.15) is 13.2 Å². The summed E-state index contributed by atoms with van der Waals surface area (Å²) >= 11 is 0. The third-order valence-corrected chi connectivity index (χ3v) is 19.1. The second-order valence-corrected chi connectivity index (χ2v) is 30.1. The van der Waals surface area contributed by atoms with E-state index in [0.29, 0.717) is 23.9 Å². The number of carboxylic acids is 1. The molecule has 0 aromatic carbocycles. The van der Waals surface area contributed by atoms with Gasteiger partial charge in [-0.3, -0.25) is 9.59 Å². The molecular weight excluding hydrogens is 1220 g/mol. The van der Waals surface area contributed by atoms with Crippen LogP contribution in [-0.4, -0.2) is 82.3 Å². The number of ether oxygens (including phenoxy) is 4. The van der Waals surface area contributed by atoms with Gasteiger partial charge >= 0.3 is 11.9 Å². The van der Waals surface area contributed by atoms with E-state index in [0.717, 1.165) is 70.6 Å². The zero-order valence-corrected chi connectivity index (χ0v) is 66.1. The second-order valence-electron chi connectivity index (χ2n) is 30.1. The third kappa shape index (κ3) is 81.6. The predicted octanol–water partition coefficient (Wildman–Crippen LogP) is 26.4. The molecule has 0 heterocycles. The van der Waals surface area contributed by atoms with E-state index in [1.165, 1.54) is 308 Å². The summed E-state index contributed by atoms with van der Waals surface area (Å²) in [5.41, 5.74) is 0. The van der Waals surface area contributed by atoms with Gasteiger partial charge in [0.05, 0.1) is 40.3 Å². The monoisotopic (exact) mass is 1390 g/mol. The molecule has 0 radical (unpaired) electrons. The number of aliphatic carboxylic acids is 1. The molecule has 0 bridgehead atoms. The Kier molecular flexibility index (Phi) is 77.3.